The lowest BCUT2D eigenvalue weighted by atomic mass is 9.79. The molecular weight excluding hydrogens is 604 g/mol. The Bertz CT molecular complexity index is 2060. The molecule has 6 aromatic rings. The fourth-order valence-electron chi connectivity index (χ4n) is 7.00. The lowest BCUT2D eigenvalue weighted by Gasteiger charge is -2.32. The van der Waals surface area contributed by atoms with Crippen LogP contribution in [-0.2, 0) is 18.6 Å². The SMILES string of the molecule is CC1(C)OB(c2ccc(N(c3ccc(B4OC(C)(C)C(C)(C)O4)cc3)c3ccc4c5ccccc5c5ccccc5c4c3)cc2)OC1(C)C. The van der Waals surface area contributed by atoms with Crippen LogP contribution in [0.5, 0.6) is 0 Å². The number of benzene rings is 6. The summed E-state index contributed by atoms with van der Waals surface area (Å²) in [6.07, 6.45) is 0. The van der Waals surface area contributed by atoms with E-state index >= 15 is 0 Å². The largest absolute Gasteiger partial charge is 0.494 e. The lowest BCUT2D eigenvalue weighted by molar-refractivity contribution is 0.00578. The number of nitrogens with zero attached hydrogens (tertiary/aromatic N) is 1. The number of fused-ring (bicyclic) bond motifs is 6. The van der Waals surface area contributed by atoms with Gasteiger partial charge in [0, 0.05) is 17.1 Å². The van der Waals surface area contributed by atoms with E-state index in [0.29, 0.717) is 0 Å². The van der Waals surface area contributed by atoms with Crippen molar-refractivity contribution in [2.45, 2.75) is 77.8 Å². The van der Waals surface area contributed by atoms with Gasteiger partial charge in [-0.05, 0) is 135 Å². The highest BCUT2D eigenvalue weighted by molar-refractivity contribution is 6.62. The first-order valence-corrected chi connectivity index (χ1v) is 17.3. The van der Waals surface area contributed by atoms with Gasteiger partial charge in [0.05, 0.1) is 22.4 Å². The molecule has 2 aliphatic rings. The highest BCUT2D eigenvalue weighted by Gasteiger charge is 2.52. The van der Waals surface area contributed by atoms with Crippen molar-refractivity contribution in [1.29, 1.82) is 0 Å². The summed E-state index contributed by atoms with van der Waals surface area (Å²) < 4.78 is 25.5. The predicted molar refractivity (Wildman–Crippen MR) is 205 cm³/mol. The van der Waals surface area contributed by atoms with Crippen molar-refractivity contribution in [2.24, 2.45) is 0 Å². The van der Waals surface area contributed by atoms with Crippen molar-refractivity contribution >= 4 is 74.5 Å². The van der Waals surface area contributed by atoms with Crippen LogP contribution in [-0.4, -0.2) is 36.6 Å². The molecule has 0 aliphatic carbocycles. The number of rotatable bonds is 5. The van der Waals surface area contributed by atoms with Crippen LogP contribution in [0.15, 0.2) is 115 Å². The third kappa shape index (κ3) is 5.26. The van der Waals surface area contributed by atoms with E-state index in [2.05, 4.69) is 176 Å². The van der Waals surface area contributed by atoms with Gasteiger partial charge in [0.1, 0.15) is 0 Å². The standard InChI is InChI=1S/C42H43B2NO4/c1-39(2)40(3,4)47-43(46-39)28-17-21-30(22-18-28)45(31-23-19-29(20-24-31)44-48-41(5,6)42(7,8)49-44)32-25-26-37-35-15-10-9-13-33(35)34-14-11-12-16-36(34)38(37)27-32/h9-27H,1-8H3. The summed E-state index contributed by atoms with van der Waals surface area (Å²) in [5, 5.41) is 7.49. The molecule has 2 aliphatic heterocycles. The summed E-state index contributed by atoms with van der Waals surface area (Å²) in [6, 6.07) is 41.3. The van der Waals surface area contributed by atoms with Crippen LogP contribution >= 0.6 is 0 Å². The van der Waals surface area contributed by atoms with E-state index in [1.54, 1.807) is 0 Å². The van der Waals surface area contributed by atoms with Gasteiger partial charge < -0.3 is 23.5 Å². The van der Waals surface area contributed by atoms with E-state index in [4.69, 9.17) is 18.6 Å². The minimum absolute atomic E-state index is 0.403. The highest BCUT2D eigenvalue weighted by Crippen LogP contribution is 2.42. The molecule has 0 N–H and O–H groups in total. The molecule has 2 fully saturated rings. The second kappa shape index (κ2) is 11.2. The van der Waals surface area contributed by atoms with Crippen molar-refractivity contribution in [3.05, 3.63) is 115 Å². The Morgan fingerprint density at radius 1 is 0.367 bits per heavy atom. The molecule has 5 nitrogen and oxygen atoms in total. The maximum Gasteiger partial charge on any atom is 0.494 e. The Morgan fingerprint density at radius 3 is 1.04 bits per heavy atom. The Labute approximate surface area is 290 Å². The van der Waals surface area contributed by atoms with Crippen molar-refractivity contribution in [3.8, 4) is 0 Å². The zero-order valence-electron chi connectivity index (χ0n) is 29.7. The van der Waals surface area contributed by atoms with E-state index < -0.39 is 36.6 Å². The van der Waals surface area contributed by atoms with Crippen molar-refractivity contribution in [3.63, 3.8) is 0 Å². The summed E-state index contributed by atoms with van der Waals surface area (Å²) in [5.74, 6) is 0. The topological polar surface area (TPSA) is 40.2 Å². The molecule has 0 atom stereocenters. The molecule has 0 spiro atoms. The van der Waals surface area contributed by atoms with E-state index in [9.17, 15) is 0 Å². The number of hydrogen-bond acceptors (Lipinski definition) is 5. The van der Waals surface area contributed by atoms with Gasteiger partial charge in [-0.25, -0.2) is 0 Å². The smallest absolute Gasteiger partial charge is 0.399 e. The molecule has 8 rings (SSSR count). The molecule has 0 saturated carbocycles. The normalized spacial score (nSPS) is 19.3. The molecule has 0 aromatic heterocycles. The molecule has 7 heteroatoms. The van der Waals surface area contributed by atoms with E-state index in [-0.39, 0.29) is 0 Å². The minimum atomic E-state index is -0.424. The zero-order chi connectivity index (χ0) is 34.3. The minimum Gasteiger partial charge on any atom is -0.399 e. The third-order valence-corrected chi connectivity index (χ3v) is 11.3. The van der Waals surface area contributed by atoms with Crippen LogP contribution < -0.4 is 15.8 Å². The fourth-order valence-corrected chi connectivity index (χ4v) is 7.00. The van der Waals surface area contributed by atoms with Crippen molar-refractivity contribution in [1.82, 2.24) is 0 Å². The summed E-state index contributed by atoms with van der Waals surface area (Å²) in [6.45, 7) is 16.7. The van der Waals surface area contributed by atoms with Crippen molar-refractivity contribution in [2.75, 3.05) is 4.90 Å². The Balaban J connectivity index is 1.24. The molecule has 0 unspecified atom stereocenters. The molecule has 0 bridgehead atoms. The van der Waals surface area contributed by atoms with E-state index in [1.807, 2.05) is 0 Å². The van der Waals surface area contributed by atoms with Gasteiger partial charge in [-0.3, -0.25) is 0 Å². The highest BCUT2D eigenvalue weighted by atomic mass is 16.7. The Morgan fingerprint density at radius 2 is 0.673 bits per heavy atom. The predicted octanol–water partition coefficient (Wildman–Crippen LogP) is 9.21. The molecule has 49 heavy (non-hydrogen) atoms. The van der Waals surface area contributed by atoms with E-state index in [0.717, 1.165) is 28.0 Å². The summed E-state index contributed by atoms with van der Waals surface area (Å²) in [7, 11) is -0.848. The third-order valence-electron chi connectivity index (χ3n) is 11.3. The first-order chi connectivity index (χ1) is 23.2. The molecule has 2 saturated heterocycles. The Kier molecular flexibility index (Phi) is 7.33. The van der Waals surface area contributed by atoms with E-state index in [1.165, 1.54) is 32.3 Å². The molecule has 0 radical (unpaired) electrons. The molecule has 2 heterocycles. The molecule has 0 amide bonds. The maximum atomic E-state index is 6.38. The first kappa shape index (κ1) is 32.1. The first-order valence-electron chi connectivity index (χ1n) is 17.3. The van der Waals surface area contributed by atoms with Crippen LogP contribution in [0.2, 0.25) is 0 Å². The Hall–Kier alpha value is -4.13. The van der Waals surface area contributed by atoms with Crippen LogP contribution in [0.1, 0.15) is 55.4 Å². The van der Waals surface area contributed by atoms with Crippen LogP contribution in [0.4, 0.5) is 17.1 Å². The monoisotopic (exact) mass is 647 g/mol. The number of anilines is 3. The average Bonchev–Trinajstić information content (AvgIpc) is 3.44. The van der Waals surface area contributed by atoms with Gasteiger partial charge in [-0.1, -0.05) is 78.9 Å². The van der Waals surface area contributed by atoms with Gasteiger partial charge in [0.25, 0.3) is 0 Å². The lowest BCUT2D eigenvalue weighted by Crippen LogP contribution is -2.41. The maximum absolute atomic E-state index is 6.38. The van der Waals surface area contributed by atoms with Crippen LogP contribution in [0.3, 0.4) is 0 Å². The summed E-state index contributed by atoms with van der Waals surface area (Å²) >= 11 is 0. The van der Waals surface area contributed by atoms with Gasteiger partial charge in [-0.2, -0.15) is 0 Å². The second-order valence-electron chi connectivity index (χ2n) is 15.5. The quantitative estimate of drug-likeness (QED) is 0.138. The van der Waals surface area contributed by atoms with Crippen LogP contribution in [0.25, 0.3) is 32.3 Å². The van der Waals surface area contributed by atoms with Gasteiger partial charge >= 0.3 is 14.2 Å². The summed E-state index contributed by atoms with van der Waals surface area (Å²) in [4.78, 5) is 2.31. The van der Waals surface area contributed by atoms with Gasteiger partial charge in [-0.15, -0.1) is 0 Å². The number of hydrogen-bond donors (Lipinski definition) is 0. The van der Waals surface area contributed by atoms with Gasteiger partial charge in [0.15, 0.2) is 0 Å². The van der Waals surface area contributed by atoms with Crippen LogP contribution in [0, 0.1) is 0 Å². The molecule has 6 aromatic carbocycles. The molecular formula is C42H43B2NO4. The molecule has 246 valence electrons. The average molecular weight is 647 g/mol. The van der Waals surface area contributed by atoms with Gasteiger partial charge in [0.2, 0.25) is 0 Å². The van der Waals surface area contributed by atoms with Crippen molar-refractivity contribution < 1.29 is 18.6 Å². The summed E-state index contributed by atoms with van der Waals surface area (Å²) in [5.41, 5.74) is 3.52. The fraction of sp³-hybridized carbons (Fsp3) is 0.286. The second-order valence-corrected chi connectivity index (χ2v) is 15.5. The zero-order valence-corrected chi connectivity index (χ0v) is 29.7.